The van der Waals surface area contributed by atoms with Gasteiger partial charge in [0.1, 0.15) is 0 Å². The van der Waals surface area contributed by atoms with Crippen LogP contribution in [0.15, 0.2) is 12.1 Å². The predicted molar refractivity (Wildman–Crippen MR) is 95.8 cm³/mol. The third-order valence-corrected chi connectivity index (χ3v) is 5.55. The summed E-state index contributed by atoms with van der Waals surface area (Å²) in [6, 6.07) is 4.14. The highest BCUT2D eigenvalue weighted by molar-refractivity contribution is 5.79. The maximum Gasteiger partial charge on any atom is 0.225 e. The Morgan fingerprint density at radius 2 is 1.44 bits per heavy atom. The quantitative estimate of drug-likeness (QED) is 0.819. The average Bonchev–Trinajstić information content (AvgIpc) is 3.23. The van der Waals surface area contributed by atoms with Gasteiger partial charge >= 0.3 is 0 Å². The molecule has 0 N–H and O–H groups in total. The van der Waals surface area contributed by atoms with Crippen LogP contribution in [0.3, 0.4) is 0 Å². The minimum absolute atomic E-state index is 0.153. The third kappa shape index (κ3) is 3.71. The molecular weight excluding hydrogens is 318 g/mol. The Bertz CT molecular complexity index is 574. The summed E-state index contributed by atoms with van der Waals surface area (Å²) in [6.07, 6.45) is 4.21. The average molecular weight is 345 g/mol. The number of hydrogen-bond donors (Lipinski definition) is 0. The SMILES string of the molecule is O=C(C1CCOCC1)N1CCN(c2ccc(N3CCCC3)nn2)CC1. The molecule has 0 spiro atoms. The zero-order valence-electron chi connectivity index (χ0n) is 14.8. The van der Waals surface area contributed by atoms with E-state index in [2.05, 4.69) is 32.1 Å². The van der Waals surface area contributed by atoms with E-state index in [1.54, 1.807) is 0 Å². The fourth-order valence-corrected chi connectivity index (χ4v) is 3.96. The Morgan fingerprint density at radius 3 is 2.00 bits per heavy atom. The van der Waals surface area contributed by atoms with Gasteiger partial charge in [-0.2, -0.15) is 0 Å². The van der Waals surface area contributed by atoms with Gasteiger partial charge in [-0.3, -0.25) is 4.79 Å². The maximum atomic E-state index is 12.6. The molecule has 0 aromatic carbocycles. The summed E-state index contributed by atoms with van der Waals surface area (Å²) in [4.78, 5) is 19.1. The van der Waals surface area contributed by atoms with Crippen molar-refractivity contribution in [2.24, 2.45) is 5.92 Å². The second kappa shape index (κ2) is 7.56. The number of piperazine rings is 1. The standard InChI is InChI=1S/C18H27N5O2/c24-18(15-5-13-25-14-6-15)23-11-9-22(10-12-23)17-4-3-16(19-20-17)21-7-1-2-8-21/h3-4,15H,1-2,5-14H2. The lowest BCUT2D eigenvalue weighted by atomic mass is 9.98. The van der Waals surface area contributed by atoms with Crippen LogP contribution in [0.2, 0.25) is 0 Å². The van der Waals surface area contributed by atoms with E-state index < -0.39 is 0 Å². The molecule has 0 radical (unpaired) electrons. The molecule has 1 aromatic heterocycles. The molecule has 4 rings (SSSR count). The van der Waals surface area contributed by atoms with Crippen molar-refractivity contribution >= 4 is 17.5 Å². The Morgan fingerprint density at radius 1 is 0.880 bits per heavy atom. The van der Waals surface area contributed by atoms with E-state index in [-0.39, 0.29) is 5.92 Å². The lowest BCUT2D eigenvalue weighted by Gasteiger charge is -2.37. The summed E-state index contributed by atoms with van der Waals surface area (Å²) in [5.74, 6) is 2.36. The van der Waals surface area contributed by atoms with Crippen molar-refractivity contribution < 1.29 is 9.53 Å². The monoisotopic (exact) mass is 345 g/mol. The minimum atomic E-state index is 0.153. The normalized spacial score (nSPS) is 22.5. The highest BCUT2D eigenvalue weighted by atomic mass is 16.5. The first-order chi connectivity index (χ1) is 12.3. The van der Waals surface area contributed by atoms with Crippen LogP contribution in [0, 0.1) is 5.92 Å². The lowest BCUT2D eigenvalue weighted by molar-refractivity contribution is -0.138. The lowest BCUT2D eigenvalue weighted by Crippen LogP contribution is -2.51. The van der Waals surface area contributed by atoms with E-state index in [1.165, 1.54) is 12.8 Å². The number of amides is 1. The van der Waals surface area contributed by atoms with Gasteiger partial charge in [0, 0.05) is 58.4 Å². The number of carbonyl (C=O) groups is 1. The minimum Gasteiger partial charge on any atom is -0.381 e. The van der Waals surface area contributed by atoms with Gasteiger partial charge in [-0.15, -0.1) is 10.2 Å². The molecule has 7 nitrogen and oxygen atoms in total. The van der Waals surface area contributed by atoms with E-state index in [4.69, 9.17) is 4.74 Å². The largest absolute Gasteiger partial charge is 0.381 e. The van der Waals surface area contributed by atoms with Crippen molar-refractivity contribution in [3.8, 4) is 0 Å². The van der Waals surface area contributed by atoms with Gasteiger partial charge in [-0.1, -0.05) is 0 Å². The molecule has 25 heavy (non-hydrogen) atoms. The molecule has 7 heteroatoms. The zero-order valence-corrected chi connectivity index (χ0v) is 14.8. The second-order valence-electron chi connectivity index (χ2n) is 7.14. The van der Waals surface area contributed by atoms with Crippen molar-refractivity contribution in [1.29, 1.82) is 0 Å². The number of nitrogens with zero attached hydrogens (tertiary/aromatic N) is 5. The van der Waals surface area contributed by atoms with Crippen LogP contribution in [0.1, 0.15) is 25.7 Å². The van der Waals surface area contributed by atoms with Gasteiger partial charge in [0.2, 0.25) is 5.91 Å². The molecule has 1 aromatic rings. The van der Waals surface area contributed by atoms with Gasteiger partial charge in [0.25, 0.3) is 0 Å². The Hall–Kier alpha value is -1.89. The molecular formula is C18H27N5O2. The van der Waals surface area contributed by atoms with Crippen LogP contribution in [-0.2, 0) is 9.53 Å². The number of aromatic nitrogens is 2. The highest BCUT2D eigenvalue weighted by Gasteiger charge is 2.29. The summed E-state index contributed by atoms with van der Waals surface area (Å²) in [5, 5.41) is 8.82. The van der Waals surface area contributed by atoms with Crippen LogP contribution in [0.4, 0.5) is 11.6 Å². The third-order valence-electron chi connectivity index (χ3n) is 5.55. The maximum absolute atomic E-state index is 12.6. The number of rotatable bonds is 3. The van der Waals surface area contributed by atoms with E-state index in [1.807, 2.05) is 4.90 Å². The van der Waals surface area contributed by atoms with Crippen LogP contribution < -0.4 is 9.80 Å². The van der Waals surface area contributed by atoms with Crippen molar-refractivity contribution in [1.82, 2.24) is 15.1 Å². The highest BCUT2D eigenvalue weighted by Crippen LogP contribution is 2.22. The molecule has 0 atom stereocenters. The molecule has 1 amide bonds. The molecule has 0 saturated carbocycles. The fourth-order valence-electron chi connectivity index (χ4n) is 3.96. The molecule has 4 heterocycles. The Kier molecular flexibility index (Phi) is 5.01. The summed E-state index contributed by atoms with van der Waals surface area (Å²) in [5.41, 5.74) is 0. The molecule has 0 unspecified atom stereocenters. The molecule has 0 bridgehead atoms. The van der Waals surface area contributed by atoms with Crippen LogP contribution in [-0.4, -0.2) is 73.5 Å². The van der Waals surface area contributed by atoms with Gasteiger partial charge < -0.3 is 19.4 Å². The molecule has 0 aliphatic carbocycles. The number of carbonyl (C=O) groups excluding carboxylic acids is 1. The Balaban J connectivity index is 1.31. The second-order valence-corrected chi connectivity index (χ2v) is 7.14. The molecule has 136 valence electrons. The zero-order chi connectivity index (χ0) is 17.1. The smallest absolute Gasteiger partial charge is 0.225 e. The van der Waals surface area contributed by atoms with Gasteiger partial charge in [-0.25, -0.2) is 0 Å². The summed E-state index contributed by atoms with van der Waals surface area (Å²) in [7, 11) is 0. The van der Waals surface area contributed by atoms with Crippen LogP contribution in [0.25, 0.3) is 0 Å². The summed E-state index contributed by atoms with van der Waals surface area (Å²) in [6.45, 7) is 6.80. The molecule has 3 fully saturated rings. The van der Waals surface area contributed by atoms with E-state index in [9.17, 15) is 4.79 Å². The molecule has 3 saturated heterocycles. The Labute approximate surface area is 148 Å². The summed E-state index contributed by atoms with van der Waals surface area (Å²) >= 11 is 0. The first-order valence-electron chi connectivity index (χ1n) is 9.51. The predicted octanol–water partition coefficient (Wildman–Crippen LogP) is 1.15. The van der Waals surface area contributed by atoms with E-state index in [0.717, 1.165) is 77.0 Å². The molecule has 3 aliphatic rings. The van der Waals surface area contributed by atoms with Gasteiger partial charge in [0.15, 0.2) is 11.6 Å². The van der Waals surface area contributed by atoms with Gasteiger partial charge in [-0.05, 0) is 37.8 Å². The summed E-state index contributed by atoms with van der Waals surface area (Å²) < 4.78 is 5.36. The number of anilines is 2. The van der Waals surface area contributed by atoms with Crippen molar-refractivity contribution in [2.45, 2.75) is 25.7 Å². The van der Waals surface area contributed by atoms with Crippen molar-refractivity contribution in [2.75, 3.05) is 62.3 Å². The van der Waals surface area contributed by atoms with E-state index >= 15 is 0 Å². The van der Waals surface area contributed by atoms with Crippen molar-refractivity contribution in [3.63, 3.8) is 0 Å². The number of hydrogen-bond acceptors (Lipinski definition) is 6. The first kappa shape index (κ1) is 16.6. The van der Waals surface area contributed by atoms with Crippen molar-refractivity contribution in [3.05, 3.63) is 12.1 Å². The van der Waals surface area contributed by atoms with E-state index in [0.29, 0.717) is 5.91 Å². The van der Waals surface area contributed by atoms with Crippen LogP contribution >= 0.6 is 0 Å². The first-order valence-corrected chi connectivity index (χ1v) is 9.51. The fraction of sp³-hybridized carbons (Fsp3) is 0.722. The number of ether oxygens (including phenoxy) is 1. The topological polar surface area (TPSA) is 61.8 Å². The van der Waals surface area contributed by atoms with Crippen LogP contribution in [0.5, 0.6) is 0 Å². The molecule has 3 aliphatic heterocycles. The van der Waals surface area contributed by atoms with Gasteiger partial charge in [0.05, 0.1) is 0 Å².